The van der Waals surface area contributed by atoms with Crippen molar-refractivity contribution in [1.29, 1.82) is 0 Å². The van der Waals surface area contributed by atoms with Gasteiger partial charge in [0.25, 0.3) is 5.56 Å². The molecule has 192 valence electrons. The molecule has 0 aliphatic carbocycles. The molecule has 1 aliphatic heterocycles. The molecule has 7 nitrogen and oxygen atoms in total. The molecule has 9 heteroatoms. The zero-order chi connectivity index (χ0) is 25.5. The average Bonchev–Trinajstić information content (AvgIpc) is 2.89. The number of rotatable bonds is 10. The summed E-state index contributed by atoms with van der Waals surface area (Å²) < 4.78 is 1.74. The summed E-state index contributed by atoms with van der Waals surface area (Å²) in [4.78, 5) is 35.2. The highest BCUT2D eigenvalue weighted by Crippen LogP contribution is 2.21. The standard InChI is InChI=1S/C27H34ClN5O2S/c1-3-20(2)29-25(34)19-36-27-30-24-11-5-4-10-23(24)26(35)33(27)13-7-12-31-14-16-32(17-15-31)22-9-6-8-21(28)18-22/h4-6,8-11,18,20H,3,7,12-17,19H2,1-2H3,(H,29,34)/t20-/m0/s1. The Kier molecular flexibility index (Phi) is 9.29. The number of hydrogen-bond donors (Lipinski definition) is 1. The van der Waals surface area contributed by atoms with Gasteiger partial charge >= 0.3 is 0 Å². The molecule has 1 saturated heterocycles. The second kappa shape index (κ2) is 12.6. The number of halogens is 1. The number of carbonyl (C=O) groups excluding carboxylic acids is 1. The van der Waals surface area contributed by atoms with Crippen molar-refractivity contribution in [1.82, 2.24) is 19.8 Å². The molecule has 0 spiro atoms. The van der Waals surface area contributed by atoms with Gasteiger partial charge in [0.1, 0.15) is 0 Å². The number of thioether (sulfide) groups is 1. The molecular weight excluding hydrogens is 494 g/mol. The zero-order valence-corrected chi connectivity index (χ0v) is 22.5. The summed E-state index contributed by atoms with van der Waals surface area (Å²) in [6, 6.07) is 15.5. The van der Waals surface area contributed by atoms with Crippen molar-refractivity contribution < 1.29 is 4.79 Å². The van der Waals surface area contributed by atoms with E-state index in [4.69, 9.17) is 16.6 Å². The minimum absolute atomic E-state index is 0.0408. The molecule has 1 N–H and O–H groups in total. The lowest BCUT2D eigenvalue weighted by atomic mass is 10.2. The molecule has 1 fully saturated rings. The summed E-state index contributed by atoms with van der Waals surface area (Å²) >= 11 is 7.49. The van der Waals surface area contributed by atoms with E-state index < -0.39 is 0 Å². The van der Waals surface area contributed by atoms with Crippen LogP contribution in [0.2, 0.25) is 5.02 Å². The summed E-state index contributed by atoms with van der Waals surface area (Å²) in [5, 5.41) is 4.96. The molecule has 0 bridgehead atoms. The van der Waals surface area contributed by atoms with Crippen LogP contribution in [0.25, 0.3) is 10.9 Å². The van der Waals surface area contributed by atoms with Gasteiger partial charge in [-0.15, -0.1) is 0 Å². The molecule has 2 aromatic carbocycles. The van der Waals surface area contributed by atoms with Crippen molar-refractivity contribution in [2.75, 3.05) is 43.4 Å². The van der Waals surface area contributed by atoms with Crippen LogP contribution in [-0.2, 0) is 11.3 Å². The fraction of sp³-hybridized carbons (Fsp3) is 0.444. The van der Waals surface area contributed by atoms with Crippen molar-refractivity contribution in [3.05, 3.63) is 63.9 Å². The number of hydrogen-bond acceptors (Lipinski definition) is 6. The third-order valence-electron chi connectivity index (χ3n) is 6.58. The Balaban J connectivity index is 1.38. The van der Waals surface area contributed by atoms with E-state index in [-0.39, 0.29) is 23.3 Å². The van der Waals surface area contributed by atoms with Gasteiger partial charge in [-0.05, 0) is 56.6 Å². The van der Waals surface area contributed by atoms with Gasteiger partial charge < -0.3 is 10.2 Å². The Hall–Kier alpha value is -2.55. The maximum absolute atomic E-state index is 13.3. The van der Waals surface area contributed by atoms with E-state index in [2.05, 4.69) is 21.2 Å². The number of benzene rings is 2. The van der Waals surface area contributed by atoms with Crippen LogP contribution >= 0.6 is 23.4 Å². The maximum Gasteiger partial charge on any atom is 0.262 e. The van der Waals surface area contributed by atoms with E-state index >= 15 is 0 Å². The average molecular weight is 528 g/mol. The van der Waals surface area contributed by atoms with E-state index in [1.54, 1.807) is 4.57 Å². The fourth-order valence-electron chi connectivity index (χ4n) is 4.36. The quantitative estimate of drug-likeness (QED) is 0.314. The van der Waals surface area contributed by atoms with Crippen LogP contribution in [-0.4, -0.2) is 64.9 Å². The van der Waals surface area contributed by atoms with Crippen LogP contribution in [0.5, 0.6) is 0 Å². The van der Waals surface area contributed by atoms with E-state index in [1.807, 2.05) is 56.3 Å². The smallest absolute Gasteiger partial charge is 0.262 e. The van der Waals surface area contributed by atoms with Gasteiger partial charge in [0.2, 0.25) is 5.91 Å². The van der Waals surface area contributed by atoms with Crippen molar-refractivity contribution in [3.63, 3.8) is 0 Å². The first-order valence-electron chi connectivity index (χ1n) is 12.6. The topological polar surface area (TPSA) is 70.5 Å². The summed E-state index contributed by atoms with van der Waals surface area (Å²) in [5.74, 6) is 0.196. The Morgan fingerprint density at radius 1 is 1.11 bits per heavy atom. The zero-order valence-electron chi connectivity index (χ0n) is 21.0. The molecule has 1 atom stereocenters. The van der Waals surface area contributed by atoms with E-state index in [1.165, 1.54) is 11.8 Å². The molecule has 36 heavy (non-hydrogen) atoms. The second-order valence-corrected chi connectivity index (χ2v) is 10.6. The number of carbonyl (C=O) groups is 1. The van der Waals surface area contributed by atoms with Crippen LogP contribution in [0.1, 0.15) is 26.7 Å². The van der Waals surface area contributed by atoms with E-state index in [0.29, 0.717) is 22.6 Å². The molecule has 0 saturated carbocycles. The number of nitrogens with one attached hydrogen (secondary N) is 1. The second-order valence-electron chi connectivity index (χ2n) is 9.20. The molecule has 1 amide bonds. The van der Waals surface area contributed by atoms with E-state index in [0.717, 1.165) is 56.3 Å². The number of piperazine rings is 1. The highest BCUT2D eigenvalue weighted by atomic mass is 35.5. The van der Waals surface area contributed by atoms with Gasteiger partial charge in [0, 0.05) is 49.5 Å². The van der Waals surface area contributed by atoms with Crippen LogP contribution < -0.4 is 15.8 Å². The number of para-hydroxylation sites is 1. The Morgan fingerprint density at radius 3 is 2.64 bits per heavy atom. The molecule has 0 unspecified atom stereocenters. The Labute approximate surface area is 221 Å². The third kappa shape index (κ3) is 6.81. The predicted octanol–water partition coefficient (Wildman–Crippen LogP) is 4.27. The molecule has 0 radical (unpaired) electrons. The number of amides is 1. The van der Waals surface area contributed by atoms with Gasteiger partial charge in [0.05, 0.1) is 16.7 Å². The number of fused-ring (bicyclic) bond motifs is 1. The van der Waals surface area contributed by atoms with E-state index in [9.17, 15) is 9.59 Å². The highest BCUT2D eigenvalue weighted by Gasteiger charge is 2.18. The number of nitrogens with zero attached hydrogens (tertiary/aromatic N) is 4. The lowest BCUT2D eigenvalue weighted by molar-refractivity contribution is -0.119. The lowest BCUT2D eigenvalue weighted by Gasteiger charge is -2.36. The fourth-order valence-corrected chi connectivity index (χ4v) is 5.38. The first kappa shape index (κ1) is 26.5. The maximum atomic E-state index is 13.3. The van der Waals surface area contributed by atoms with Gasteiger partial charge in [-0.3, -0.25) is 19.1 Å². The van der Waals surface area contributed by atoms with Crippen LogP contribution in [0.3, 0.4) is 0 Å². The lowest BCUT2D eigenvalue weighted by Crippen LogP contribution is -2.46. The third-order valence-corrected chi connectivity index (χ3v) is 7.79. The van der Waals surface area contributed by atoms with Gasteiger partial charge in [-0.1, -0.05) is 48.5 Å². The largest absolute Gasteiger partial charge is 0.369 e. The SMILES string of the molecule is CC[C@H](C)NC(=O)CSc1nc2ccccc2c(=O)n1CCCN1CCN(c2cccc(Cl)c2)CC1. The van der Waals surface area contributed by atoms with Gasteiger partial charge in [-0.2, -0.15) is 0 Å². The van der Waals surface area contributed by atoms with Crippen LogP contribution in [0, 0.1) is 0 Å². The van der Waals surface area contributed by atoms with Crippen LogP contribution in [0.4, 0.5) is 5.69 Å². The van der Waals surface area contributed by atoms with Crippen molar-refractivity contribution in [2.45, 2.75) is 44.4 Å². The number of aromatic nitrogens is 2. The van der Waals surface area contributed by atoms with Gasteiger partial charge in [-0.25, -0.2) is 4.98 Å². The summed E-state index contributed by atoms with van der Waals surface area (Å²) in [7, 11) is 0. The molecule has 4 rings (SSSR count). The minimum atomic E-state index is -0.0452. The first-order chi connectivity index (χ1) is 17.4. The molecular formula is C27H34ClN5O2S. The summed E-state index contributed by atoms with van der Waals surface area (Å²) in [6.45, 7) is 9.33. The Morgan fingerprint density at radius 2 is 1.89 bits per heavy atom. The predicted molar refractivity (Wildman–Crippen MR) is 149 cm³/mol. The molecule has 1 aromatic heterocycles. The van der Waals surface area contributed by atoms with Crippen molar-refractivity contribution in [3.8, 4) is 0 Å². The monoisotopic (exact) mass is 527 g/mol. The molecule has 2 heterocycles. The van der Waals surface area contributed by atoms with Crippen LogP contribution in [0.15, 0.2) is 58.5 Å². The van der Waals surface area contributed by atoms with Crippen molar-refractivity contribution in [2.24, 2.45) is 0 Å². The normalized spacial score (nSPS) is 15.2. The summed E-state index contributed by atoms with van der Waals surface area (Å²) in [5.41, 5.74) is 1.78. The van der Waals surface area contributed by atoms with Gasteiger partial charge in [0.15, 0.2) is 5.16 Å². The Bertz CT molecular complexity index is 1240. The highest BCUT2D eigenvalue weighted by molar-refractivity contribution is 7.99. The molecule has 1 aliphatic rings. The first-order valence-corrected chi connectivity index (χ1v) is 14.0. The molecule has 3 aromatic rings. The summed E-state index contributed by atoms with van der Waals surface area (Å²) in [6.07, 6.45) is 1.71. The minimum Gasteiger partial charge on any atom is -0.369 e. The number of anilines is 1. The van der Waals surface area contributed by atoms with Crippen molar-refractivity contribution >= 4 is 45.9 Å².